The third-order valence-corrected chi connectivity index (χ3v) is 6.84. The van der Waals surface area contributed by atoms with Gasteiger partial charge in [-0.3, -0.25) is 9.69 Å². The molecule has 9 heteroatoms. The first-order valence-corrected chi connectivity index (χ1v) is 12.5. The Balaban J connectivity index is 1.15. The van der Waals surface area contributed by atoms with Crippen molar-refractivity contribution in [1.82, 2.24) is 19.9 Å². The van der Waals surface area contributed by atoms with Gasteiger partial charge in [-0.2, -0.15) is 4.98 Å². The third-order valence-electron chi connectivity index (χ3n) is 6.84. The number of methoxy groups -OCH3 is 2. The highest BCUT2D eigenvalue weighted by molar-refractivity contribution is 5.95. The highest BCUT2D eigenvalue weighted by Gasteiger charge is 2.25. The molecule has 0 unspecified atom stereocenters. The highest BCUT2D eigenvalue weighted by atomic mass is 16.5. The van der Waals surface area contributed by atoms with Crippen molar-refractivity contribution in [1.29, 1.82) is 0 Å². The van der Waals surface area contributed by atoms with Crippen LogP contribution in [-0.2, 0) is 6.54 Å². The maximum atomic E-state index is 13.2. The molecular formula is C27H32N4O5. The van der Waals surface area contributed by atoms with Crippen LogP contribution in [0.15, 0.2) is 47.0 Å². The zero-order valence-electron chi connectivity index (χ0n) is 20.8. The molecule has 0 atom stereocenters. The van der Waals surface area contributed by atoms with Crippen molar-refractivity contribution in [2.45, 2.75) is 38.3 Å². The molecule has 2 fully saturated rings. The Labute approximate surface area is 210 Å². The standard InChI is InChI=1S/C27H32N4O5/c1-33-21-10-7-19(8-11-21)26-28-25(36-29-26)18-30-13-15-31(16-14-30)27(32)20-9-12-23(24(17-20)34-2)35-22-5-3-4-6-22/h7-12,17,22H,3-6,13-16,18H2,1-2H3. The fourth-order valence-electron chi connectivity index (χ4n) is 4.74. The molecular weight excluding hydrogens is 460 g/mol. The molecule has 2 aliphatic rings. The molecule has 5 rings (SSSR count). The van der Waals surface area contributed by atoms with Crippen molar-refractivity contribution in [3.8, 4) is 28.6 Å². The van der Waals surface area contributed by atoms with Crippen LogP contribution in [0.5, 0.6) is 17.2 Å². The molecule has 190 valence electrons. The second kappa shape index (κ2) is 11.0. The number of piperazine rings is 1. The number of carbonyl (C=O) groups is 1. The van der Waals surface area contributed by atoms with Crippen LogP contribution >= 0.6 is 0 Å². The van der Waals surface area contributed by atoms with Gasteiger partial charge >= 0.3 is 0 Å². The SMILES string of the molecule is COc1ccc(-c2noc(CN3CCN(C(=O)c4ccc(OC5CCCC5)c(OC)c4)CC3)n2)cc1. The van der Waals surface area contributed by atoms with E-state index in [1.807, 2.05) is 41.3 Å². The summed E-state index contributed by atoms with van der Waals surface area (Å²) in [4.78, 5) is 21.8. The van der Waals surface area contributed by atoms with Gasteiger partial charge in [-0.15, -0.1) is 0 Å². The van der Waals surface area contributed by atoms with E-state index < -0.39 is 0 Å². The second-order valence-corrected chi connectivity index (χ2v) is 9.20. The van der Waals surface area contributed by atoms with E-state index in [-0.39, 0.29) is 12.0 Å². The average Bonchev–Trinajstić information content (AvgIpc) is 3.61. The molecule has 2 heterocycles. The molecule has 1 aliphatic heterocycles. The minimum atomic E-state index is -0.0000475. The van der Waals surface area contributed by atoms with E-state index in [1.165, 1.54) is 12.8 Å². The van der Waals surface area contributed by atoms with Crippen molar-refractivity contribution < 1.29 is 23.5 Å². The summed E-state index contributed by atoms with van der Waals surface area (Å²) >= 11 is 0. The third kappa shape index (κ3) is 5.46. The molecule has 3 aromatic rings. The Hall–Kier alpha value is -3.59. The fourth-order valence-corrected chi connectivity index (χ4v) is 4.74. The fraction of sp³-hybridized carbons (Fsp3) is 0.444. The summed E-state index contributed by atoms with van der Waals surface area (Å²) in [6, 6.07) is 13.0. The number of ether oxygens (including phenoxy) is 3. The number of aromatic nitrogens is 2. The van der Waals surface area contributed by atoms with Gasteiger partial charge in [0.25, 0.3) is 5.91 Å². The Bertz CT molecular complexity index is 1170. The topological polar surface area (TPSA) is 90.2 Å². The van der Waals surface area contributed by atoms with Gasteiger partial charge in [0, 0.05) is 37.3 Å². The highest BCUT2D eigenvalue weighted by Crippen LogP contribution is 2.32. The molecule has 9 nitrogen and oxygen atoms in total. The quantitative estimate of drug-likeness (QED) is 0.466. The number of hydrogen-bond acceptors (Lipinski definition) is 8. The van der Waals surface area contributed by atoms with Gasteiger partial charge in [0.15, 0.2) is 11.5 Å². The lowest BCUT2D eigenvalue weighted by atomic mass is 10.1. The summed E-state index contributed by atoms with van der Waals surface area (Å²) in [5.41, 5.74) is 1.48. The van der Waals surface area contributed by atoms with E-state index in [1.54, 1.807) is 20.3 Å². The lowest BCUT2D eigenvalue weighted by Crippen LogP contribution is -2.48. The van der Waals surface area contributed by atoms with Crippen LogP contribution in [0.3, 0.4) is 0 Å². The minimum absolute atomic E-state index is 0.0000475. The van der Waals surface area contributed by atoms with Gasteiger partial charge in [0.05, 0.1) is 26.9 Å². The number of benzene rings is 2. The van der Waals surface area contributed by atoms with Gasteiger partial charge in [-0.25, -0.2) is 0 Å². The van der Waals surface area contributed by atoms with Gasteiger partial charge < -0.3 is 23.6 Å². The Morgan fingerprint density at radius 1 is 0.972 bits per heavy atom. The van der Waals surface area contributed by atoms with Gasteiger partial charge in [-0.05, 0) is 68.1 Å². The molecule has 0 bridgehead atoms. The van der Waals surface area contributed by atoms with Crippen LogP contribution in [0.4, 0.5) is 0 Å². The molecule has 36 heavy (non-hydrogen) atoms. The number of nitrogens with zero attached hydrogens (tertiary/aromatic N) is 4. The Morgan fingerprint density at radius 2 is 1.72 bits per heavy atom. The summed E-state index contributed by atoms with van der Waals surface area (Å²) in [5, 5.41) is 4.11. The maximum Gasteiger partial charge on any atom is 0.254 e. The predicted molar refractivity (Wildman–Crippen MR) is 133 cm³/mol. The van der Waals surface area contributed by atoms with Crippen molar-refractivity contribution >= 4 is 5.91 Å². The van der Waals surface area contributed by atoms with Crippen LogP contribution < -0.4 is 14.2 Å². The molecule has 1 saturated carbocycles. The van der Waals surface area contributed by atoms with Gasteiger partial charge in [-0.1, -0.05) is 5.16 Å². The van der Waals surface area contributed by atoms with E-state index in [4.69, 9.17) is 18.7 Å². The van der Waals surface area contributed by atoms with Gasteiger partial charge in [0.1, 0.15) is 5.75 Å². The molecule has 2 aromatic carbocycles. The number of carbonyl (C=O) groups excluding carboxylic acids is 1. The van der Waals surface area contributed by atoms with E-state index in [0.717, 1.165) is 37.2 Å². The molecule has 1 saturated heterocycles. The largest absolute Gasteiger partial charge is 0.497 e. The van der Waals surface area contributed by atoms with E-state index in [2.05, 4.69) is 15.0 Å². The Morgan fingerprint density at radius 3 is 2.42 bits per heavy atom. The summed E-state index contributed by atoms with van der Waals surface area (Å²) < 4.78 is 22.3. The summed E-state index contributed by atoms with van der Waals surface area (Å²) in [7, 11) is 3.25. The van der Waals surface area contributed by atoms with Crippen LogP contribution in [-0.4, -0.2) is 72.4 Å². The second-order valence-electron chi connectivity index (χ2n) is 9.20. The normalized spacial score (nSPS) is 16.8. The molecule has 0 spiro atoms. The number of hydrogen-bond donors (Lipinski definition) is 0. The van der Waals surface area contributed by atoms with Crippen LogP contribution in [0.2, 0.25) is 0 Å². The molecule has 1 amide bonds. The lowest BCUT2D eigenvalue weighted by Gasteiger charge is -2.34. The maximum absolute atomic E-state index is 13.2. The Kier molecular flexibility index (Phi) is 7.36. The van der Waals surface area contributed by atoms with Crippen molar-refractivity contribution in [3.05, 3.63) is 53.9 Å². The first-order chi connectivity index (χ1) is 17.6. The lowest BCUT2D eigenvalue weighted by molar-refractivity contribution is 0.0614. The predicted octanol–water partition coefficient (Wildman–Crippen LogP) is 4.03. The van der Waals surface area contributed by atoms with Gasteiger partial charge in [0.2, 0.25) is 11.7 Å². The molecule has 1 aliphatic carbocycles. The van der Waals surface area contributed by atoms with Crippen LogP contribution in [0.1, 0.15) is 41.9 Å². The molecule has 0 N–H and O–H groups in total. The van der Waals surface area contributed by atoms with E-state index >= 15 is 0 Å². The average molecular weight is 493 g/mol. The van der Waals surface area contributed by atoms with Crippen molar-refractivity contribution in [2.75, 3.05) is 40.4 Å². The summed E-state index contributed by atoms with van der Waals surface area (Å²) in [6.07, 6.45) is 4.78. The summed E-state index contributed by atoms with van der Waals surface area (Å²) in [6.45, 7) is 3.26. The molecule has 0 radical (unpaired) electrons. The first kappa shape index (κ1) is 24.1. The molecule has 1 aromatic heterocycles. The minimum Gasteiger partial charge on any atom is -0.497 e. The zero-order chi connectivity index (χ0) is 24.9. The first-order valence-electron chi connectivity index (χ1n) is 12.5. The zero-order valence-corrected chi connectivity index (χ0v) is 20.8. The van der Waals surface area contributed by atoms with Crippen molar-refractivity contribution in [2.24, 2.45) is 0 Å². The van der Waals surface area contributed by atoms with E-state index in [9.17, 15) is 4.79 Å². The van der Waals surface area contributed by atoms with Crippen LogP contribution in [0, 0.1) is 0 Å². The van der Waals surface area contributed by atoms with Crippen molar-refractivity contribution in [3.63, 3.8) is 0 Å². The van der Waals surface area contributed by atoms with E-state index in [0.29, 0.717) is 48.4 Å². The van der Waals surface area contributed by atoms with Crippen LogP contribution in [0.25, 0.3) is 11.4 Å². The monoisotopic (exact) mass is 492 g/mol. The smallest absolute Gasteiger partial charge is 0.254 e. The summed E-state index contributed by atoms with van der Waals surface area (Å²) in [5.74, 6) is 3.20. The number of amides is 1. The number of rotatable bonds is 8.